The number of nitrogens with one attached hydrogen (secondary N) is 2. The zero-order valence-electron chi connectivity index (χ0n) is 14.4. The SMILES string of the molecule is Nc1nn2cc(C(=O)NCC3CCNCC3)cnc2c1-c1ccccn1. The number of carbonyl (C=O) groups excluding carboxylic acids is 1. The summed E-state index contributed by atoms with van der Waals surface area (Å²) in [7, 11) is 0. The highest BCUT2D eigenvalue weighted by molar-refractivity contribution is 5.94. The molecule has 8 nitrogen and oxygen atoms in total. The Bertz CT molecular complexity index is 916. The molecule has 3 aromatic heterocycles. The fourth-order valence-corrected chi connectivity index (χ4v) is 3.25. The highest BCUT2D eigenvalue weighted by atomic mass is 16.1. The van der Waals surface area contributed by atoms with E-state index in [4.69, 9.17) is 5.73 Å². The van der Waals surface area contributed by atoms with Crippen molar-refractivity contribution in [1.29, 1.82) is 0 Å². The summed E-state index contributed by atoms with van der Waals surface area (Å²) in [5, 5.41) is 10.6. The van der Waals surface area contributed by atoms with E-state index in [1.807, 2.05) is 18.2 Å². The number of nitrogens with zero attached hydrogens (tertiary/aromatic N) is 4. The molecule has 0 unspecified atom stereocenters. The van der Waals surface area contributed by atoms with Gasteiger partial charge in [-0.15, -0.1) is 5.10 Å². The van der Waals surface area contributed by atoms with Crippen LogP contribution in [-0.2, 0) is 0 Å². The molecule has 1 amide bonds. The van der Waals surface area contributed by atoms with Gasteiger partial charge in [0.2, 0.25) is 0 Å². The van der Waals surface area contributed by atoms with Crippen LogP contribution >= 0.6 is 0 Å². The minimum Gasteiger partial charge on any atom is -0.382 e. The van der Waals surface area contributed by atoms with E-state index in [0.717, 1.165) is 25.9 Å². The van der Waals surface area contributed by atoms with E-state index in [1.165, 1.54) is 0 Å². The normalized spacial score (nSPS) is 15.2. The van der Waals surface area contributed by atoms with Crippen molar-refractivity contribution < 1.29 is 4.79 Å². The average molecular weight is 351 g/mol. The molecule has 0 atom stereocenters. The molecule has 4 N–H and O–H groups in total. The number of anilines is 1. The number of carbonyl (C=O) groups is 1. The lowest BCUT2D eigenvalue weighted by Crippen LogP contribution is -2.36. The van der Waals surface area contributed by atoms with E-state index in [1.54, 1.807) is 23.1 Å². The molecule has 4 rings (SSSR count). The fourth-order valence-electron chi connectivity index (χ4n) is 3.25. The number of aromatic nitrogens is 4. The number of nitrogen functional groups attached to an aromatic ring is 1. The number of pyridine rings is 1. The molecule has 0 aromatic carbocycles. The third-order valence-corrected chi connectivity index (χ3v) is 4.69. The van der Waals surface area contributed by atoms with Crippen LogP contribution in [0.2, 0.25) is 0 Å². The Morgan fingerprint density at radius 1 is 1.31 bits per heavy atom. The van der Waals surface area contributed by atoms with Crippen LogP contribution in [0.15, 0.2) is 36.8 Å². The van der Waals surface area contributed by atoms with Gasteiger partial charge in [-0.05, 0) is 44.0 Å². The number of amides is 1. The first-order valence-corrected chi connectivity index (χ1v) is 8.76. The summed E-state index contributed by atoms with van der Waals surface area (Å²) >= 11 is 0. The zero-order chi connectivity index (χ0) is 17.9. The lowest BCUT2D eigenvalue weighted by molar-refractivity contribution is 0.0943. The van der Waals surface area contributed by atoms with Gasteiger partial charge >= 0.3 is 0 Å². The molecule has 0 aliphatic carbocycles. The first kappa shape index (κ1) is 16.5. The largest absolute Gasteiger partial charge is 0.382 e. The minimum atomic E-state index is -0.147. The van der Waals surface area contributed by atoms with Crippen molar-refractivity contribution in [2.24, 2.45) is 5.92 Å². The van der Waals surface area contributed by atoms with Crippen LogP contribution in [0.1, 0.15) is 23.2 Å². The molecule has 0 spiro atoms. The molecular weight excluding hydrogens is 330 g/mol. The van der Waals surface area contributed by atoms with E-state index in [-0.39, 0.29) is 5.91 Å². The third kappa shape index (κ3) is 3.23. The second-order valence-electron chi connectivity index (χ2n) is 6.49. The van der Waals surface area contributed by atoms with Crippen molar-refractivity contribution in [3.63, 3.8) is 0 Å². The predicted octanol–water partition coefficient (Wildman–Crippen LogP) is 1.10. The lowest BCUT2D eigenvalue weighted by Gasteiger charge is -2.22. The molecule has 1 aliphatic rings. The van der Waals surface area contributed by atoms with Gasteiger partial charge in [-0.1, -0.05) is 6.07 Å². The van der Waals surface area contributed by atoms with Gasteiger partial charge in [-0.2, -0.15) is 0 Å². The molecule has 4 heterocycles. The van der Waals surface area contributed by atoms with Crippen molar-refractivity contribution in [1.82, 2.24) is 30.2 Å². The Labute approximate surface area is 150 Å². The number of rotatable bonds is 4. The number of fused-ring (bicyclic) bond motifs is 1. The molecule has 3 aromatic rings. The van der Waals surface area contributed by atoms with Crippen LogP contribution in [0.25, 0.3) is 16.9 Å². The maximum absolute atomic E-state index is 12.4. The first-order valence-electron chi connectivity index (χ1n) is 8.76. The average Bonchev–Trinajstić information content (AvgIpc) is 3.02. The molecule has 0 saturated carbocycles. The van der Waals surface area contributed by atoms with Gasteiger partial charge in [0, 0.05) is 25.1 Å². The molecule has 1 fully saturated rings. The van der Waals surface area contributed by atoms with E-state index >= 15 is 0 Å². The van der Waals surface area contributed by atoms with Gasteiger partial charge in [0.1, 0.15) is 0 Å². The number of hydrogen-bond donors (Lipinski definition) is 3. The summed E-state index contributed by atoms with van der Waals surface area (Å²) in [6, 6.07) is 5.58. The summed E-state index contributed by atoms with van der Waals surface area (Å²) in [6.07, 6.45) is 7.08. The second kappa shape index (κ2) is 7.09. The molecule has 1 saturated heterocycles. The summed E-state index contributed by atoms with van der Waals surface area (Å²) < 4.78 is 1.54. The molecule has 134 valence electrons. The summed E-state index contributed by atoms with van der Waals surface area (Å²) in [5.41, 5.74) is 8.47. The van der Waals surface area contributed by atoms with E-state index in [9.17, 15) is 4.79 Å². The number of hydrogen-bond acceptors (Lipinski definition) is 6. The van der Waals surface area contributed by atoms with E-state index in [2.05, 4.69) is 25.7 Å². The smallest absolute Gasteiger partial charge is 0.254 e. The molecular formula is C18H21N7O. The topological polar surface area (TPSA) is 110 Å². The van der Waals surface area contributed by atoms with E-state index in [0.29, 0.717) is 40.7 Å². The molecule has 8 heteroatoms. The highest BCUT2D eigenvalue weighted by Crippen LogP contribution is 2.27. The Hall–Kier alpha value is -3.00. The standard InChI is InChI=1S/C18H21N7O/c19-16-15(14-3-1-2-6-21-14)17-22-10-13(11-25(17)24-16)18(26)23-9-12-4-7-20-8-5-12/h1-3,6,10-12,20H,4-5,7-9H2,(H2,19,24)(H,23,26). The molecule has 0 bridgehead atoms. The molecule has 0 radical (unpaired) electrons. The van der Waals surface area contributed by atoms with Gasteiger partial charge in [0.15, 0.2) is 11.5 Å². The maximum atomic E-state index is 12.4. The van der Waals surface area contributed by atoms with Crippen molar-refractivity contribution in [3.05, 3.63) is 42.4 Å². The van der Waals surface area contributed by atoms with Gasteiger partial charge < -0.3 is 16.4 Å². The number of nitrogens with two attached hydrogens (primary N) is 1. The number of piperidine rings is 1. The van der Waals surface area contributed by atoms with Crippen molar-refractivity contribution in [2.45, 2.75) is 12.8 Å². The Morgan fingerprint density at radius 2 is 2.15 bits per heavy atom. The maximum Gasteiger partial charge on any atom is 0.254 e. The predicted molar refractivity (Wildman–Crippen MR) is 98.6 cm³/mol. The Morgan fingerprint density at radius 3 is 2.92 bits per heavy atom. The van der Waals surface area contributed by atoms with Gasteiger partial charge in [0.05, 0.1) is 16.8 Å². The van der Waals surface area contributed by atoms with Crippen LogP contribution in [0.3, 0.4) is 0 Å². The van der Waals surface area contributed by atoms with Gasteiger partial charge in [-0.3, -0.25) is 9.78 Å². The van der Waals surface area contributed by atoms with E-state index < -0.39 is 0 Å². The monoisotopic (exact) mass is 351 g/mol. The Kier molecular flexibility index (Phi) is 4.49. The van der Waals surface area contributed by atoms with Gasteiger partial charge in [-0.25, -0.2) is 9.50 Å². The first-order chi connectivity index (χ1) is 12.7. The molecule has 1 aliphatic heterocycles. The quantitative estimate of drug-likeness (QED) is 0.649. The van der Waals surface area contributed by atoms with Crippen molar-refractivity contribution in [3.8, 4) is 11.3 Å². The van der Waals surface area contributed by atoms with Crippen LogP contribution in [0.4, 0.5) is 5.82 Å². The summed E-state index contributed by atoms with van der Waals surface area (Å²) in [4.78, 5) is 21.2. The summed E-state index contributed by atoms with van der Waals surface area (Å²) in [6.45, 7) is 2.70. The zero-order valence-corrected chi connectivity index (χ0v) is 14.4. The van der Waals surface area contributed by atoms with Crippen LogP contribution in [0.5, 0.6) is 0 Å². The fraction of sp³-hybridized carbons (Fsp3) is 0.333. The van der Waals surface area contributed by atoms with Crippen molar-refractivity contribution >= 4 is 17.4 Å². The lowest BCUT2D eigenvalue weighted by atomic mass is 9.98. The summed E-state index contributed by atoms with van der Waals surface area (Å²) in [5.74, 6) is 0.711. The Balaban J connectivity index is 1.55. The van der Waals surface area contributed by atoms with Gasteiger partial charge in [0.25, 0.3) is 5.91 Å². The third-order valence-electron chi connectivity index (χ3n) is 4.69. The van der Waals surface area contributed by atoms with Crippen LogP contribution in [-0.4, -0.2) is 45.1 Å². The molecule has 26 heavy (non-hydrogen) atoms. The highest BCUT2D eigenvalue weighted by Gasteiger charge is 2.18. The minimum absolute atomic E-state index is 0.147. The second-order valence-corrected chi connectivity index (χ2v) is 6.49. The van der Waals surface area contributed by atoms with Crippen LogP contribution in [0, 0.1) is 5.92 Å². The van der Waals surface area contributed by atoms with Crippen LogP contribution < -0.4 is 16.4 Å². The van der Waals surface area contributed by atoms with Crippen molar-refractivity contribution in [2.75, 3.05) is 25.4 Å².